The van der Waals surface area contributed by atoms with E-state index in [4.69, 9.17) is 14.2 Å². The second-order valence-corrected chi connectivity index (χ2v) is 7.84. The zero-order valence-electron chi connectivity index (χ0n) is 19.3. The van der Waals surface area contributed by atoms with Crippen molar-refractivity contribution in [1.29, 1.82) is 0 Å². The van der Waals surface area contributed by atoms with Gasteiger partial charge in [-0.2, -0.15) is 0 Å². The summed E-state index contributed by atoms with van der Waals surface area (Å²) >= 11 is 0. The molecule has 1 amide bonds. The van der Waals surface area contributed by atoms with E-state index in [2.05, 4.69) is 0 Å². The smallest absolute Gasteiger partial charge is 0.311 e. The van der Waals surface area contributed by atoms with Crippen LogP contribution in [-0.2, 0) is 6.42 Å². The van der Waals surface area contributed by atoms with Crippen LogP contribution in [0.25, 0.3) is 0 Å². The number of hydrogen-bond donors (Lipinski definition) is 0. The first kappa shape index (κ1) is 23.1. The molecule has 0 fully saturated rings. The molecule has 176 valence electrons. The highest BCUT2D eigenvalue weighted by molar-refractivity contribution is 5.96. The minimum absolute atomic E-state index is 0.143. The highest BCUT2D eigenvalue weighted by Gasteiger charge is 2.34. The number of rotatable bonds is 7. The van der Waals surface area contributed by atoms with Crippen LogP contribution in [0, 0.1) is 10.1 Å². The lowest BCUT2D eigenvalue weighted by Gasteiger charge is -2.38. The fourth-order valence-corrected chi connectivity index (χ4v) is 4.40. The van der Waals surface area contributed by atoms with Gasteiger partial charge in [-0.1, -0.05) is 30.3 Å². The summed E-state index contributed by atoms with van der Waals surface area (Å²) in [5, 5.41) is 11.6. The summed E-state index contributed by atoms with van der Waals surface area (Å²) in [4.78, 5) is 26.5. The summed E-state index contributed by atoms with van der Waals surface area (Å²) < 4.78 is 16.4. The molecular formula is C26H26N2O6. The van der Waals surface area contributed by atoms with Crippen LogP contribution < -0.4 is 14.2 Å². The van der Waals surface area contributed by atoms with Crippen molar-refractivity contribution in [3.63, 3.8) is 0 Å². The van der Waals surface area contributed by atoms with Crippen molar-refractivity contribution in [3.05, 3.63) is 93.0 Å². The highest BCUT2D eigenvalue weighted by Crippen LogP contribution is 2.42. The van der Waals surface area contributed by atoms with Gasteiger partial charge in [0.25, 0.3) is 5.91 Å². The molecule has 0 spiro atoms. The standard InChI is InChI=1S/C26H26N2O6/c1-4-34-22-11-10-19(14-21(22)28(30)31)26(29)27-13-12-18-15-23(32-2)24(33-3)16-20(18)25(27)17-8-6-5-7-9-17/h5-11,14-16,25H,4,12-13H2,1-3H3. The Balaban J connectivity index is 1.81. The zero-order valence-corrected chi connectivity index (χ0v) is 19.3. The van der Waals surface area contributed by atoms with E-state index in [1.807, 2.05) is 42.5 Å². The van der Waals surface area contributed by atoms with Crippen LogP contribution in [0.5, 0.6) is 17.2 Å². The molecule has 1 unspecified atom stereocenters. The third-order valence-corrected chi connectivity index (χ3v) is 5.95. The van der Waals surface area contributed by atoms with E-state index in [1.54, 1.807) is 32.1 Å². The normalized spacial score (nSPS) is 14.8. The first-order valence-electron chi connectivity index (χ1n) is 11.0. The van der Waals surface area contributed by atoms with Crippen LogP contribution in [0.4, 0.5) is 5.69 Å². The van der Waals surface area contributed by atoms with Crippen molar-refractivity contribution >= 4 is 11.6 Å². The van der Waals surface area contributed by atoms with Gasteiger partial charge in [0.05, 0.1) is 31.8 Å². The predicted molar refractivity (Wildman–Crippen MR) is 127 cm³/mol. The maximum Gasteiger partial charge on any atom is 0.311 e. The molecule has 0 aliphatic carbocycles. The van der Waals surface area contributed by atoms with Gasteiger partial charge in [0, 0.05) is 18.2 Å². The SMILES string of the molecule is CCOc1ccc(C(=O)N2CCc3cc(OC)c(OC)cc3C2c2ccccc2)cc1[N+](=O)[O-]. The number of nitro groups is 1. The Kier molecular flexibility index (Phi) is 6.67. The molecule has 1 aliphatic heterocycles. The number of hydrogen-bond acceptors (Lipinski definition) is 6. The van der Waals surface area contributed by atoms with Crippen molar-refractivity contribution in [3.8, 4) is 17.2 Å². The number of methoxy groups -OCH3 is 2. The Hall–Kier alpha value is -4.07. The number of amides is 1. The minimum Gasteiger partial charge on any atom is -0.493 e. The zero-order chi connectivity index (χ0) is 24.2. The van der Waals surface area contributed by atoms with Crippen molar-refractivity contribution in [1.82, 2.24) is 4.90 Å². The van der Waals surface area contributed by atoms with Gasteiger partial charge in [-0.3, -0.25) is 14.9 Å². The molecule has 4 rings (SSSR count). The number of fused-ring (bicyclic) bond motifs is 1. The van der Waals surface area contributed by atoms with E-state index in [-0.39, 0.29) is 28.9 Å². The highest BCUT2D eigenvalue weighted by atomic mass is 16.6. The summed E-state index contributed by atoms with van der Waals surface area (Å²) in [5.41, 5.74) is 2.94. The van der Waals surface area contributed by atoms with Gasteiger partial charge in [-0.15, -0.1) is 0 Å². The second-order valence-electron chi connectivity index (χ2n) is 7.84. The quantitative estimate of drug-likeness (QED) is 0.370. The Morgan fingerprint density at radius 3 is 2.38 bits per heavy atom. The maximum absolute atomic E-state index is 13.7. The molecule has 1 heterocycles. The van der Waals surface area contributed by atoms with Gasteiger partial charge in [0.1, 0.15) is 0 Å². The fourth-order valence-electron chi connectivity index (χ4n) is 4.40. The number of benzene rings is 3. The van der Waals surface area contributed by atoms with E-state index >= 15 is 0 Å². The molecule has 3 aromatic carbocycles. The van der Waals surface area contributed by atoms with E-state index in [9.17, 15) is 14.9 Å². The molecule has 8 heteroatoms. The van der Waals surface area contributed by atoms with Gasteiger partial charge in [0.2, 0.25) is 0 Å². The van der Waals surface area contributed by atoms with Crippen molar-refractivity contribution in [2.45, 2.75) is 19.4 Å². The average molecular weight is 463 g/mol. The Morgan fingerprint density at radius 2 is 1.74 bits per heavy atom. The van der Waals surface area contributed by atoms with E-state index in [0.29, 0.717) is 31.1 Å². The van der Waals surface area contributed by atoms with Crippen LogP contribution in [0.1, 0.15) is 40.0 Å². The van der Waals surface area contributed by atoms with E-state index in [1.165, 1.54) is 12.1 Å². The van der Waals surface area contributed by atoms with Gasteiger partial charge in [-0.05, 0) is 54.3 Å². The Bertz CT molecular complexity index is 1210. The number of nitrogens with zero attached hydrogens (tertiary/aromatic N) is 2. The molecule has 0 saturated heterocycles. The predicted octanol–water partition coefficient (Wildman–Crippen LogP) is 4.80. The molecule has 1 aliphatic rings. The molecule has 0 saturated carbocycles. The van der Waals surface area contributed by atoms with Crippen LogP contribution in [0.2, 0.25) is 0 Å². The number of ether oxygens (including phenoxy) is 3. The monoisotopic (exact) mass is 462 g/mol. The topological polar surface area (TPSA) is 91.1 Å². The summed E-state index contributed by atoms with van der Waals surface area (Å²) in [6, 6.07) is 17.5. The minimum atomic E-state index is -0.529. The number of nitro benzene ring substituents is 1. The van der Waals surface area contributed by atoms with Crippen molar-refractivity contribution < 1.29 is 23.9 Å². The van der Waals surface area contributed by atoms with Gasteiger partial charge < -0.3 is 19.1 Å². The molecule has 0 aromatic heterocycles. The van der Waals surface area contributed by atoms with Crippen LogP contribution in [-0.4, -0.2) is 43.1 Å². The summed E-state index contributed by atoms with van der Waals surface area (Å²) in [6.07, 6.45) is 0.615. The molecule has 1 atom stereocenters. The van der Waals surface area contributed by atoms with Gasteiger partial charge in [-0.25, -0.2) is 0 Å². The van der Waals surface area contributed by atoms with Gasteiger partial charge >= 0.3 is 5.69 Å². The van der Waals surface area contributed by atoms with Crippen LogP contribution in [0.3, 0.4) is 0 Å². The summed E-state index contributed by atoms with van der Waals surface area (Å²) in [7, 11) is 3.17. The molecule has 34 heavy (non-hydrogen) atoms. The number of carbonyl (C=O) groups is 1. The Morgan fingerprint density at radius 1 is 1.03 bits per heavy atom. The molecule has 0 N–H and O–H groups in total. The first-order valence-corrected chi connectivity index (χ1v) is 11.0. The van der Waals surface area contributed by atoms with E-state index in [0.717, 1.165) is 16.7 Å². The van der Waals surface area contributed by atoms with Crippen LogP contribution in [0.15, 0.2) is 60.7 Å². The van der Waals surface area contributed by atoms with Crippen molar-refractivity contribution in [2.24, 2.45) is 0 Å². The molecular weight excluding hydrogens is 436 g/mol. The third kappa shape index (κ3) is 4.26. The maximum atomic E-state index is 13.7. The lowest BCUT2D eigenvalue weighted by molar-refractivity contribution is -0.385. The van der Waals surface area contributed by atoms with E-state index < -0.39 is 4.92 Å². The number of carbonyl (C=O) groups excluding carboxylic acids is 1. The summed E-state index contributed by atoms with van der Waals surface area (Å²) in [6.45, 7) is 2.49. The average Bonchev–Trinajstić information content (AvgIpc) is 2.87. The molecule has 0 bridgehead atoms. The second kappa shape index (κ2) is 9.82. The summed E-state index contributed by atoms with van der Waals surface area (Å²) in [5.74, 6) is 1.06. The molecule has 3 aromatic rings. The lowest BCUT2D eigenvalue weighted by atomic mass is 9.87. The fraction of sp³-hybridized carbons (Fsp3) is 0.269. The molecule has 0 radical (unpaired) electrons. The Labute approximate surface area is 197 Å². The van der Waals surface area contributed by atoms with Crippen molar-refractivity contribution in [2.75, 3.05) is 27.4 Å². The van der Waals surface area contributed by atoms with Gasteiger partial charge in [0.15, 0.2) is 17.2 Å². The third-order valence-electron chi connectivity index (χ3n) is 5.95. The van der Waals surface area contributed by atoms with Crippen LogP contribution >= 0.6 is 0 Å². The molecule has 8 nitrogen and oxygen atoms in total. The lowest BCUT2D eigenvalue weighted by Crippen LogP contribution is -2.40. The largest absolute Gasteiger partial charge is 0.493 e. The first-order chi connectivity index (χ1) is 16.5.